The maximum absolute atomic E-state index is 5.92. The molecule has 2 aliphatic heterocycles. The van der Waals surface area contributed by atoms with Crippen molar-refractivity contribution in [2.45, 2.75) is 56.4 Å². The highest BCUT2D eigenvalue weighted by atomic mass is 16.7. The minimum absolute atomic E-state index is 0.255. The Morgan fingerprint density at radius 1 is 1.11 bits per heavy atom. The monoisotopic (exact) mass is 254 g/mol. The topological polar surface area (TPSA) is 33.7 Å². The summed E-state index contributed by atoms with van der Waals surface area (Å²) in [6.45, 7) is 4.05. The van der Waals surface area contributed by atoms with Crippen molar-refractivity contribution in [3.63, 3.8) is 0 Å². The summed E-state index contributed by atoms with van der Waals surface area (Å²) in [5.74, 6) is -0.255. The van der Waals surface area contributed by atoms with Crippen LogP contribution in [0.15, 0.2) is 0 Å². The number of hydrogen-bond acceptors (Lipinski definition) is 4. The van der Waals surface area contributed by atoms with Crippen LogP contribution in [0, 0.1) is 0 Å². The molecule has 1 spiro atoms. The Bertz CT molecular complexity index is 273. The smallest absolute Gasteiger partial charge is 0.170 e. The molecule has 3 rings (SSSR count). The Morgan fingerprint density at radius 3 is 2.50 bits per heavy atom. The van der Waals surface area contributed by atoms with Crippen LogP contribution in [0.25, 0.3) is 0 Å². The molecule has 0 radical (unpaired) electrons. The third kappa shape index (κ3) is 2.44. The van der Waals surface area contributed by atoms with E-state index in [4.69, 9.17) is 9.47 Å². The fourth-order valence-corrected chi connectivity index (χ4v) is 3.86. The number of hydrogen-bond donors (Lipinski definition) is 1. The number of rotatable bonds is 2. The highest BCUT2D eigenvalue weighted by Gasteiger charge is 2.46. The van der Waals surface area contributed by atoms with Crippen molar-refractivity contribution < 1.29 is 9.47 Å². The van der Waals surface area contributed by atoms with Gasteiger partial charge in [0.1, 0.15) is 0 Å². The van der Waals surface area contributed by atoms with Crippen molar-refractivity contribution in [2.75, 3.05) is 33.4 Å². The molecule has 3 fully saturated rings. The van der Waals surface area contributed by atoms with Crippen molar-refractivity contribution in [3.05, 3.63) is 0 Å². The third-order valence-electron chi connectivity index (χ3n) is 4.86. The van der Waals surface area contributed by atoms with Crippen molar-refractivity contribution in [1.82, 2.24) is 10.2 Å². The van der Waals surface area contributed by atoms with Gasteiger partial charge < -0.3 is 14.8 Å². The summed E-state index contributed by atoms with van der Waals surface area (Å²) >= 11 is 0. The molecular formula is C14H26N2O2. The van der Waals surface area contributed by atoms with E-state index in [0.717, 1.165) is 32.5 Å². The van der Waals surface area contributed by atoms with Crippen LogP contribution in [0.3, 0.4) is 0 Å². The molecule has 0 amide bonds. The minimum atomic E-state index is -0.255. The van der Waals surface area contributed by atoms with Crippen LogP contribution in [-0.2, 0) is 9.47 Å². The van der Waals surface area contributed by atoms with Gasteiger partial charge in [0.15, 0.2) is 5.79 Å². The Hall–Kier alpha value is -0.160. The molecule has 4 nitrogen and oxygen atoms in total. The van der Waals surface area contributed by atoms with Gasteiger partial charge in [0.25, 0.3) is 0 Å². The van der Waals surface area contributed by atoms with E-state index in [9.17, 15) is 0 Å². The average molecular weight is 254 g/mol. The quantitative estimate of drug-likeness (QED) is 0.806. The molecular weight excluding hydrogens is 228 g/mol. The maximum atomic E-state index is 5.92. The first-order valence-corrected chi connectivity index (χ1v) is 7.52. The summed E-state index contributed by atoms with van der Waals surface area (Å²) in [6.07, 6.45) is 7.34. The number of likely N-dealkylation sites (tertiary alicyclic amines) is 1. The normalized spacial score (nSPS) is 37.2. The average Bonchev–Trinajstić information content (AvgIpc) is 2.88. The Balaban J connectivity index is 1.70. The van der Waals surface area contributed by atoms with E-state index in [1.54, 1.807) is 0 Å². The van der Waals surface area contributed by atoms with E-state index >= 15 is 0 Å². The fourth-order valence-electron chi connectivity index (χ4n) is 3.86. The third-order valence-corrected chi connectivity index (χ3v) is 4.86. The van der Waals surface area contributed by atoms with Gasteiger partial charge >= 0.3 is 0 Å². The SMILES string of the molecule is CNC1CCC2(CC1N1CCCCC1)OCCO2. The minimum Gasteiger partial charge on any atom is -0.347 e. The number of ether oxygens (including phenoxy) is 2. The predicted octanol–water partition coefficient (Wildman–Crippen LogP) is 1.36. The van der Waals surface area contributed by atoms with Crippen LogP contribution in [0.2, 0.25) is 0 Å². The zero-order chi connectivity index (χ0) is 12.4. The van der Waals surface area contributed by atoms with Crippen LogP contribution in [0.5, 0.6) is 0 Å². The van der Waals surface area contributed by atoms with Crippen molar-refractivity contribution in [3.8, 4) is 0 Å². The molecule has 2 unspecified atom stereocenters. The summed E-state index contributed by atoms with van der Waals surface area (Å²) in [5.41, 5.74) is 0. The highest BCUT2D eigenvalue weighted by molar-refractivity contribution is 4.96. The van der Waals surface area contributed by atoms with E-state index in [0.29, 0.717) is 12.1 Å². The number of likely N-dealkylation sites (N-methyl/N-ethyl adjacent to an activating group) is 1. The zero-order valence-corrected chi connectivity index (χ0v) is 11.5. The van der Waals surface area contributed by atoms with E-state index in [1.165, 1.54) is 32.4 Å². The van der Waals surface area contributed by atoms with Gasteiger partial charge in [-0.3, -0.25) is 4.90 Å². The lowest BCUT2D eigenvalue weighted by molar-refractivity contribution is -0.193. The van der Waals surface area contributed by atoms with Gasteiger partial charge in [0, 0.05) is 24.9 Å². The molecule has 0 bridgehead atoms. The lowest BCUT2D eigenvalue weighted by Gasteiger charge is -2.47. The second-order valence-electron chi connectivity index (χ2n) is 5.91. The van der Waals surface area contributed by atoms with Gasteiger partial charge in [-0.2, -0.15) is 0 Å². The molecule has 2 saturated heterocycles. The lowest BCUT2D eigenvalue weighted by Crippen LogP contribution is -2.58. The summed E-state index contributed by atoms with van der Waals surface area (Å²) in [7, 11) is 2.09. The van der Waals surface area contributed by atoms with Crippen LogP contribution >= 0.6 is 0 Å². The molecule has 2 atom stereocenters. The Labute approximate surface area is 110 Å². The van der Waals surface area contributed by atoms with Gasteiger partial charge in [-0.05, 0) is 39.4 Å². The molecule has 0 aromatic heterocycles. The van der Waals surface area contributed by atoms with E-state index in [2.05, 4.69) is 17.3 Å². The van der Waals surface area contributed by atoms with E-state index in [-0.39, 0.29) is 5.79 Å². The Kier molecular flexibility index (Phi) is 3.89. The molecule has 0 aromatic carbocycles. The van der Waals surface area contributed by atoms with Crippen molar-refractivity contribution in [1.29, 1.82) is 0 Å². The summed E-state index contributed by atoms with van der Waals surface area (Å²) < 4.78 is 11.8. The molecule has 1 saturated carbocycles. The first-order chi connectivity index (χ1) is 8.83. The molecule has 4 heteroatoms. The number of nitrogens with zero attached hydrogens (tertiary/aromatic N) is 1. The first-order valence-electron chi connectivity index (χ1n) is 7.52. The molecule has 0 aromatic rings. The lowest BCUT2D eigenvalue weighted by atomic mass is 9.84. The largest absolute Gasteiger partial charge is 0.347 e. The standard InChI is InChI=1S/C14H26N2O2/c1-15-12-5-6-14(17-9-10-18-14)11-13(12)16-7-3-2-4-8-16/h12-13,15H,2-11H2,1H3. The number of piperidine rings is 1. The van der Waals surface area contributed by atoms with Gasteiger partial charge in [-0.1, -0.05) is 6.42 Å². The molecule has 1 N–H and O–H groups in total. The van der Waals surface area contributed by atoms with E-state index < -0.39 is 0 Å². The zero-order valence-electron chi connectivity index (χ0n) is 11.5. The summed E-state index contributed by atoms with van der Waals surface area (Å²) in [6, 6.07) is 1.18. The predicted molar refractivity (Wildman–Crippen MR) is 70.5 cm³/mol. The van der Waals surface area contributed by atoms with Crippen molar-refractivity contribution >= 4 is 0 Å². The van der Waals surface area contributed by atoms with Crippen LogP contribution < -0.4 is 5.32 Å². The molecule has 2 heterocycles. The maximum Gasteiger partial charge on any atom is 0.170 e. The number of nitrogens with one attached hydrogen (secondary N) is 1. The van der Waals surface area contributed by atoms with Gasteiger partial charge in [-0.15, -0.1) is 0 Å². The Morgan fingerprint density at radius 2 is 1.83 bits per heavy atom. The molecule has 18 heavy (non-hydrogen) atoms. The van der Waals surface area contributed by atoms with E-state index in [1.807, 2.05) is 0 Å². The first kappa shape index (κ1) is 12.9. The second-order valence-corrected chi connectivity index (χ2v) is 5.91. The molecule has 1 aliphatic carbocycles. The summed E-state index contributed by atoms with van der Waals surface area (Å²) in [5, 5.41) is 3.50. The highest BCUT2D eigenvalue weighted by Crippen LogP contribution is 2.38. The van der Waals surface area contributed by atoms with Crippen LogP contribution in [0.4, 0.5) is 0 Å². The fraction of sp³-hybridized carbons (Fsp3) is 1.00. The van der Waals surface area contributed by atoms with Crippen LogP contribution in [0.1, 0.15) is 38.5 Å². The van der Waals surface area contributed by atoms with Gasteiger partial charge in [-0.25, -0.2) is 0 Å². The van der Waals surface area contributed by atoms with Crippen molar-refractivity contribution in [2.24, 2.45) is 0 Å². The van der Waals surface area contributed by atoms with Gasteiger partial charge in [0.2, 0.25) is 0 Å². The second kappa shape index (κ2) is 5.45. The summed E-state index contributed by atoms with van der Waals surface area (Å²) in [4.78, 5) is 2.66. The molecule has 3 aliphatic rings. The van der Waals surface area contributed by atoms with Gasteiger partial charge in [0.05, 0.1) is 13.2 Å². The van der Waals surface area contributed by atoms with Crippen LogP contribution in [-0.4, -0.2) is 56.1 Å². The molecule has 104 valence electrons.